The molecule has 3 heterocycles. The first-order chi connectivity index (χ1) is 10.5. The van der Waals surface area contributed by atoms with E-state index in [2.05, 4.69) is 14.9 Å². The number of hydrogen-bond donors (Lipinski definition) is 0. The number of aromatic nitrogens is 2. The number of fused-ring (bicyclic) bond motifs is 1. The van der Waals surface area contributed by atoms with Gasteiger partial charge < -0.3 is 4.90 Å². The van der Waals surface area contributed by atoms with Crippen molar-refractivity contribution in [2.24, 2.45) is 0 Å². The fraction of sp³-hybridized carbons (Fsp3) is 0.733. The Hall–Kier alpha value is -1.21. The van der Waals surface area contributed by atoms with E-state index < -0.39 is 10.0 Å². The van der Waals surface area contributed by atoms with Crippen molar-refractivity contribution in [1.82, 2.24) is 14.3 Å². The van der Waals surface area contributed by atoms with Crippen molar-refractivity contribution in [1.29, 1.82) is 0 Å². The van der Waals surface area contributed by atoms with Crippen LogP contribution < -0.4 is 4.90 Å². The van der Waals surface area contributed by atoms with Gasteiger partial charge in [-0.3, -0.25) is 0 Å². The molecule has 0 spiro atoms. The molecule has 2 aliphatic heterocycles. The van der Waals surface area contributed by atoms with Gasteiger partial charge in [-0.15, -0.1) is 0 Å². The minimum atomic E-state index is -3.16. The molecule has 0 saturated carbocycles. The first-order valence-corrected chi connectivity index (χ1v) is 9.71. The average Bonchev–Trinajstić information content (AvgIpc) is 2.54. The molecule has 0 atom stereocenters. The smallest absolute Gasteiger partial charge is 0.214 e. The summed E-state index contributed by atoms with van der Waals surface area (Å²) in [6.45, 7) is 6.56. The largest absolute Gasteiger partial charge is 0.356 e. The van der Waals surface area contributed by atoms with Crippen molar-refractivity contribution in [3.63, 3.8) is 0 Å². The molecule has 0 aliphatic carbocycles. The highest BCUT2D eigenvalue weighted by atomic mass is 32.2. The molecular weight excluding hydrogens is 300 g/mol. The van der Waals surface area contributed by atoms with Gasteiger partial charge in [-0.05, 0) is 33.1 Å². The molecule has 1 fully saturated rings. The lowest BCUT2D eigenvalue weighted by Crippen LogP contribution is -2.39. The molecule has 122 valence electrons. The van der Waals surface area contributed by atoms with E-state index in [4.69, 9.17) is 0 Å². The highest BCUT2D eigenvalue weighted by Gasteiger charge is 2.30. The molecule has 7 heteroatoms. The van der Waals surface area contributed by atoms with Gasteiger partial charge in [-0.25, -0.2) is 18.4 Å². The zero-order chi connectivity index (χ0) is 15.7. The van der Waals surface area contributed by atoms with Crippen molar-refractivity contribution in [2.75, 3.05) is 30.3 Å². The second-order valence-corrected chi connectivity index (χ2v) is 8.31. The normalized spacial score (nSPS) is 20.0. The zero-order valence-electron chi connectivity index (χ0n) is 13.4. The van der Waals surface area contributed by atoms with Crippen LogP contribution in [0.2, 0.25) is 0 Å². The summed E-state index contributed by atoms with van der Waals surface area (Å²) in [4.78, 5) is 11.5. The maximum absolute atomic E-state index is 12.2. The first-order valence-electron chi connectivity index (χ1n) is 8.10. The molecule has 3 rings (SSSR count). The summed E-state index contributed by atoms with van der Waals surface area (Å²) in [5.74, 6) is 1.89. The summed E-state index contributed by atoms with van der Waals surface area (Å²) in [6, 6.07) is 0. The Morgan fingerprint density at radius 2 is 1.82 bits per heavy atom. The van der Waals surface area contributed by atoms with Gasteiger partial charge in [0.25, 0.3) is 0 Å². The standard InChI is InChI=1S/C15H24N4O2S/c1-3-22(20,21)19-10-7-14-13(11-19)15(17-12(2)16-14)18-8-5-4-6-9-18/h3-11H2,1-2H3. The molecule has 2 aliphatic rings. The van der Waals surface area contributed by atoms with E-state index in [1.165, 1.54) is 19.3 Å². The van der Waals surface area contributed by atoms with E-state index in [1.807, 2.05) is 6.92 Å². The minimum absolute atomic E-state index is 0.147. The molecule has 1 saturated heterocycles. The predicted molar refractivity (Wildman–Crippen MR) is 86.4 cm³/mol. The molecule has 1 aromatic heterocycles. The quantitative estimate of drug-likeness (QED) is 0.842. The second kappa shape index (κ2) is 6.12. The SMILES string of the molecule is CCS(=O)(=O)N1CCc2nc(C)nc(N3CCCCC3)c2C1. The van der Waals surface area contributed by atoms with Crippen LogP contribution in [-0.2, 0) is 23.0 Å². The molecule has 0 amide bonds. The number of rotatable bonds is 3. The maximum Gasteiger partial charge on any atom is 0.214 e. The summed E-state index contributed by atoms with van der Waals surface area (Å²) < 4.78 is 26.0. The van der Waals surface area contributed by atoms with Crippen LogP contribution in [0.15, 0.2) is 0 Å². The summed E-state index contributed by atoms with van der Waals surface area (Å²) in [5, 5.41) is 0. The molecule has 0 bridgehead atoms. The lowest BCUT2D eigenvalue weighted by atomic mass is 10.1. The van der Waals surface area contributed by atoms with Gasteiger partial charge in [-0.2, -0.15) is 4.31 Å². The van der Waals surface area contributed by atoms with Gasteiger partial charge in [0, 0.05) is 38.2 Å². The number of hydrogen-bond acceptors (Lipinski definition) is 5. The molecule has 0 radical (unpaired) electrons. The molecular formula is C15H24N4O2S. The molecule has 0 N–H and O–H groups in total. The molecule has 1 aromatic rings. The van der Waals surface area contributed by atoms with Crippen LogP contribution in [0, 0.1) is 6.92 Å². The van der Waals surface area contributed by atoms with Crippen LogP contribution in [0.4, 0.5) is 5.82 Å². The van der Waals surface area contributed by atoms with Crippen molar-refractivity contribution in [3.8, 4) is 0 Å². The van der Waals surface area contributed by atoms with Gasteiger partial charge >= 0.3 is 0 Å². The number of piperidine rings is 1. The lowest BCUT2D eigenvalue weighted by molar-refractivity contribution is 0.386. The average molecular weight is 324 g/mol. The molecule has 22 heavy (non-hydrogen) atoms. The lowest BCUT2D eigenvalue weighted by Gasteiger charge is -2.34. The Bertz CT molecular complexity index is 654. The van der Waals surface area contributed by atoms with E-state index in [1.54, 1.807) is 11.2 Å². The highest BCUT2D eigenvalue weighted by molar-refractivity contribution is 7.89. The van der Waals surface area contributed by atoms with Crippen molar-refractivity contribution in [2.45, 2.75) is 46.1 Å². The van der Waals surface area contributed by atoms with Crippen LogP contribution in [-0.4, -0.2) is 48.1 Å². The molecule has 0 aromatic carbocycles. The first kappa shape index (κ1) is 15.7. The van der Waals surface area contributed by atoms with Gasteiger partial charge in [0.15, 0.2) is 0 Å². The third-order valence-electron chi connectivity index (χ3n) is 4.53. The predicted octanol–water partition coefficient (Wildman–Crippen LogP) is 1.48. The van der Waals surface area contributed by atoms with E-state index in [0.717, 1.165) is 36.0 Å². The molecule has 0 unspecified atom stereocenters. The van der Waals surface area contributed by atoms with E-state index in [9.17, 15) is 8.42 Å². The zero-order valence-corrected chi connectivity index (χ0v) is 14.2. The highest BCUT2D eigenvalue weighted by Crippen LogP contribution is 2.29. The Labute approximate surface area is 132 Å². The van der Waals surface area contributed by atoms with E-state index in [-0.39, 0.29) is 5.75 Å². The van der Waals surface area contributed by atoms with Crippen LogP contribution in [0.1, 0.15) is 43.3 Å². The van der Waals surface area contributed by atoms with Gasteiger partial charge in [0.1, 0.15) is 11.6 Å². The summed E-state index contributed by atoms with van der Waals surface area (Å²) in [5.41, 5.74) is 2.03. The van der Waals surface area contributed by atoms with Crippen LogP contribution >= 0.6 is 0 Å². The third kappa shape index (κ3) is 2.96. The topological polar surface area (TPSA) is 66.4 Å². The van der Waals surface area contributed by atoms with Crippen LogP contribution in [0.25, 0.3) is 0 Å². The van der Waals surface area contributed by atoms with Crippen molar-refractivity contribution < 1.29 is 8.42 Å². The number of anilines is 1. The second-order valence-electron chi connectivity index (χ2n) is 6.05. The maximum atomic E-state index is 12.2. The van der Waals surface area contributed by atoms with Crippen LogP contribution in [0.3, 0.4) is 0 Å². The summed E-state index contributed by atoms with van der Waals surface area (Å²) in [7, 11) is -3.16. The summed E-state index contributed by atoms with van der Waals surface area (Å²) >= 11 is 0. The number of nitrogens with zero attached hydrogens (tertiary/aromatic N) is 4. The Kier molecular flexibility index (Phi) is 4.36. The van der Waals surface area contributed by atoms with Crippen LogP contribution in [0.5, 0.6) is 0 Å². The number of sulfonamides is 1. The monoisotopic (exact) mass is 324 g/mol. The van der Waals surface area contributed by atoms with Crippen molar-refractivity contribution >= 4 is 15.8 Å². The Morgan fingerprint density at radius 1 is 1.09 bits per heavy atom. The Morgan fingerprint density at radius 3 is 2.50 bits per heavy atom. The fourth-order valence-electron chi connectivity index (χ4n) is 3.28. The van der Waals surface area contributed by atoms with E-state index in [0.29, 0.717) is 19.5 Å². The fourth-order valence-corrected chi connectivity index (χ4v) is 4.34. The minimum Gasteiger partial charge on any atom is -0.356 e. The van der Waals surface area contributed by atoms with E-state index >= 15 is 0 Å². The third-order valence-corrected chi connectivity index (χ3v) is 6.36. The van der Waals surface area contributed by atoms with Gasteiger partial charge in [0.05, 0.1) is 11.4 Å². The van der Waals surface area contributed by atoms with Crippen molar-refractivity contribution in [3.05, 3.63) is 17.1 Å². The Balaban J connectivity index is 1.97. The van der Waals surface area contributed by atoms with Gasteiger partial charge in [-0.1, -0.05) is 0 Å². The summed E-state index contributed by atoms with van der Waals surface area (Å²) in [6.07, 6.45) is 4.29. The molecule has 6 nitrogen and oxygen atoms in total. The van der Waals surface area contributed by atoms with Gasteiger partial charge in [0.2, 0.25) is 10.0 Å². The number of aryl methyl sites for hydroxylation is 1.